The van der Waals surface area contributed by atoms with E-state index < -0.39 is 0 Å². The number of unbranched alkanes of at least 4 members (excludes halogenated alkanes) is 6. The molecule has 0 aromatic carbocycles. The fourth-order valence-corrected chi connectivity index (χ4v) is 2.51. The third-order valence-electron chi connectivity index (χ3n) is 3.54. The number of hydrogen-bond acceptors (Lipinski definition) is 3. The maximum Gasteiger partial charge on any atom is 0.147 e. The molecular formula is C15H30N4. The molecule has 0 saturated heterocycles. The minimum absolute atomic E-state index is 0.396. The minimum atomic E-state index is 0.396. The van der Waals surface area contributed by atoms with Gasteiger partial charge in [-0.15, -0.1) is 10.2 Å². The molecule has 1 rings (SSSR count). The second-order valence-corrected chi connectivity index (χ2v) is 5.57. The van der Waals surface area contributed by atoms with Crippen molar-refractivity contribution in [3.8, 4) is 0 Å². The molecule has 0 amide bonds. The summed E-state index contributed by atoms with van der Waals surface area (Å²) >= 11 is 0. The lowest BCUT2D eigenvalue weighted by Gasteiger charge is -2.13. The lowest BCUT2D eigenvalue weighted by molar-refractivity contribution is 0.526. The molecule has 0 saturated carbocycles. The topological polar surface area (TPSA) is 56.7 Å². The number of rotatable bonds is 10. The number of hydrogen-bond donors (Lipinski definition) is 1. The van der Waals surface area contributed by atoms with Crippen LogP contribution < -0.4 is 5.73 Å². The lowest BCUT2D eigenvalue weighted by atomic mass is 10.1. The summed E-state index contributed by atoms with van der Waals surface area (Å²) in [6.45, 7) is 7.06. The standard InChI is InChI=1S/C15H30N4/c1-4-5-6-7-8-9-10-11-14-17-18-15(12-16)19(14)13(2)3/h13H,4-12,16H2,1-3H3. The third kappa shape index (κ3) is 5.31. The van der Waals surface area contributed by atoms with Crippen molar-refractivity contribution in [2.45, 2.75) is 84.7 Å². The van der Waals surface area contributed by atoms with E-state index in [2.05, 4.69) is 35.5 Å². The number of nitrogens with zero attached hydrogens (tertiary/aromatic N) is 3. The number of nitrogens with two attached hydrogens (primary N) is 1. The van der Waals surface area contributed by atoms with Crippen LogP contribution in [0.3, 0.4) is 0 Å². The van der Waals surface area contributed by atoms with Gasteiger partial charge >= 0.3 is 0 Å². The lowest BCUT2D eigenvalue weighted by Crippen LogP contribution is -2.13. The third-order valence-corrected chi connectivity index (χ3v) is 3.54. The molecule has 0 bridgehead atoms. The van der Waals surface area contributed by atoms with Gasteiger partial charge in [0.25, 0.3) is 0 Å². The molecule has 4 nitrogen and oxygen atoms in total. The van der Waals surface area contributed by atoms with Crippen molar-refractivity contribution in [2.75, 3.05) is 0 Å². The highest BCUT2D eigenvalue weighted by molar-refractivity contribution is 4.97. The van der Waals surface area contributed by atoms with Crippen LogP contribution in [0.4, 0.5) is 0 Å². The van der Waals surface area contributed by atoms with Crippen molar-refractivity contribution in [1.82, 2.24) is 14.8 Å². The van der Waals surface area contributed by atoms with Crippen molar-refractivity contribution in [2.24, 2.45) is 5.73 Å². The van der Waals surface area contributed by atoms with Gasteiger partial charge in [-0.05, 0) is 20.3 Å². The Balaban J connectivity index is 2.31. The average Bonchev–Trinajstić information content (AvgIpc) is 2.81. The van der Waals surface area contributed by atoms with Gasteiger partial charge in [-0.3, -0.25) is 0 Å². The Labute approximate surface area is 117 Å². The van der Waals surface area contributed by atoms with E-state index in [9.17, 15) is 0 Å². The zero-order valence-electron chi connectivity index (χ0n) is 12.9. The molecule has 1 aromatic heterocycles. The Kier molecular flexibility index (Phi) is 7.72. The Morgan fingerprint density at radius 3 is 2.11 bits per heavy atom. The van der Waals surface area contributed by atoms with Crippen molar-refractivity contribution in [3.63, 3.8) is 0 Å². The fraction of sp³-hybridized carbons (Fsp3) is 0.867. The first-order valence-corrected chi connectivity index (χ1v) is 7.83. The van der Waals surface area contributed by atoms with Crippen LogP contribution in [0, 0.1) is 0 Å². The van der Waals surface area contributed by atoms with E-state index in [1.165, 1.54) is 44.9 Å². The molecule has 2 N–H and O–H groups in total. The molecule has 0 unspecified atom stereocenters. The highest BCUT2D eigenvalue weighted by Crippen LogP contribution is 2.14. The summed E-state index contributed by atoms with van der Waals surface area (Å²) in [4.78, 5) is 0. The molecule has 110 valence electrons. The number of aryl methyl sites for hydroxylation is 1. The summed E-state index contributed by atoms with van der Waals surface area (Å²) in [6, 6.07) is 0.396. The maximum absolute atomic E-state index is 5.70. The molecular weight excluding hydrogens is 236 g/mol. The second kappa shape index (κ2) is 9.08. The van der Waals surface area contributed by atoms with Crippen molar-refractivity contribution in [3.05, 3.63) is 11.6 Å². The zero-order valence-corrected chi connectivity index (χ0v) is 12.9. The first kappa shape index (κ1) is 16.2. The van der Waals surface area contributed by atoms with Crippen LogP contribution in [0.15, 0.2) is 0 Å². The van der Waals surface area contributed by atoms with E-state index in [4.69, 9.17) is 5.73 Å². The van der Waals surface area contributed by atoms with E-state index in [0.717, 1.165) is 18.1 Å². The van der Waals surface area contributed by atoms with Crippen LogP contribution in [0.2, 0.25) is 0 Å². The highest BCUT2D eigenvalue weighted by Gasteiger charge is 2.12. The quantitative estimate of drug-likeness (QED) is 0.658. The Bertz CT molecular complexity index is 344. The molecule has 0 radical (unpaired) electrons. The van der Waals surface area contributed by atoms with E-state index >= 15 is 0 Å². The van der Waals surface area contributed by atoms with Gasteiger partial charge in [0.1, 0.15) is 11.6 Å². The van der Waals surface area contributed by atoms with Gasteiger partial charge in [0.15, 0.2) is 0 Å². The van der Waals surface area contributed by atoms with Gasteiger partial charge in [-0.25, -0.2) is 0 Å². The van der Waals surface area contributed by atoms with Crippen LogP contribution in [0.25, 0.3) is 0 Å². The smallest absolute Gasteiger partial charge is 0.147 e. The highest BCUT2D eigenvalue weighted by atomic mass is 15.3. The average molecular weight is 266 g/mol. The van der Waals surface area contributed by atoms with E-state index in [-0.39, 0.29) is 0 Å². The van der Waals surface area contributed by atoms with Crippen molar-refractivity contribution < 1.29 is 0 Å². The molecule has 0 spiro atoms. The van der Waals surface area contributed by atoms with Gasteiger partial charge in [-0.1, -0.05) is 45.4 Å². The maximum atomic E-state index is 5.70. The zero-order chi connectivity index (χ0) is 14.1. The molecule has 19 heavy (non-hydrogen) atoms. The van der Waals surface area contributed by atoms with Crippen molar-refractivity contribution >= 4 is 0 Å². The first-order chi connectivity index (χ1) is 9.20. The molecule has 0 fully saturated rings. The summed E-state index contributed by atoms with van der Waals surface area (Å²) in [5, 5.41) is 8.47. The van der Waals surface area contributed by atoms with Crippen LogP contribution in [-0.4, -0.2) is 14.8 Å². The van der Waals surface area contributed by atoms with Crippen LogP contribution in [0.5, 0.6) is 0 Å². The summed E-state index contributed by atoms with van der Waals surface area (Å²) in [5.74, 6) is 2.01. The summed E-state index contributed by atoms with van der Waals surface area (Å²) in [5.41, 5.74) is 5.70. The van der Waals surface area contributed by atoms with Gasteiger partial charge in [-0.2, -0.15) is 0 Å². The number of aromatic nitrogens is 3. The van der Waals surface area contributed by atoms with Gasteiger partial charge < -0.3 is 10.3 Å². The minimum Gasteiger partial charge on any atom is -0.324 e. The molecule has 0 aliphatic heterocycles. The molecule has 1 aromatic rings. The fourth-order valence-electron chi connectivity index (χ4n) is 2.51. The second-order valence-electron chi connectivity index (χ2n) is 5.57. The predicted octanol–water partition coefficient (Wildman–Crippen LogP) is 3.61. The van der Waals surface area contributed by atoms with E-state index in [1.54, 1.807) is 0 Å². The Morgan fingerprint density at radius 2 is 1.53 bits per heavy atom. The molecule has 1 heterocycles. The normalized spacial score (nSPS) is 11.4. The monoisotopic (exact) mass is 266 g/mol. The summed E-state index contributed by atoms with van der Waals surface area (Å²) < 4.78 is 2.19. The Hall–Kier alpha value is -0.900. The van der Waals surface area contributed by atoms with Gasteiger partial charge in [0, 0.05) is 12.5 Å². The molecule has 4 heteroatoms. The first-order valence-electron chi connectivity index (χ1n) is 7.83. The van der Waals surface area contributed by atoms with Crippen LogP contribution in [0.1, 0.15) is 83.4 Å². The van der Waals surface area contributed by atoms with E-state index in [0.29, 0.717) is 12.6 Å². The van der Waals surface area contributed by atoms with Gasteiger partial charge in [0.2, 0.25) is 0 Å². The predicted molar refractivity (Wildman–Crippen MR) is 80.0 cm³/mol. The van der Waals surface area contributed by atoms with Crippen LogP contribution >= 0.6 is 0 Å². The molecule has 0 atom stereocenters. The van der Waals surface area contributed by atoms with Gasteiger partial charge in [0.05, 0.1) is 6.54 Å². The largest absolute Gasteiger partial charge is 0.324 e. The van der Waals surface area contributed by atoms with Crippen molar-refractivity contribution in [1.29, 1.82) is 0 Å². The van der Waals surface area contributed by atoms with E-state index in [1.807, 2.05) is 0 Å². The molecule has 0 aliphatic rings. The SMILES string of the molecule is CCCCCCCCCc1nnc(CN)n1C(C)C. The summed E-state index contributed by atoms with van der Waals surface area (Å²) in [7, 11) is 0. The Morgan fingerprint density at radius 1 is 0.947 bits per heavy atom. The molecule has 0 aliphatic carbocycles. The summed E-state index contributed by atoms with van der Waals surface area (Å²) in [6.07, 6.45) is 10.3. The van der Waals surface area contributed by atoms with Crippen LogP contribution in [-0.2, 0) is 13.0 Å².